The predicted octanol–water partition coefficient (Wildman–Crippen LogP) is 12.2. The van der Waals surface area contributed by atoms with Gasteiger partial charge in [0.2, 0.25) is 0 Å². The summed E-state index contributed by atoms with van der Waals surface area (Å²) >= 11 is 11.0. The lowest BCUT2D eigenvalue weighted by Crippen LogP contribution is -2.24. The van der Waals surface area contributed by atoms with Gasteiger partial charge in [0.05, 0.1) is 51.0 Å². The van der Waals surface area contributed by atoms with Crippen LogP contribution in [0, 0.1) is 0 Å². The lowest BCUT2D eigenvalue weighted by Gasteiger charge is -2.33. The summed E-state index contributed by atoms with van der Waals surface area (Å²) in [6.45, 7) is 1.90. The zero-order chi connectivity index (χ0) is 39.5. The molecule has 0 bridgehead atoms. The molecule has 12 heteroatoms. The maximum absolute atomic E-state index is 11.5. The number of carboxylic acids is 2. The predicted molar refractivity (Wildman–Crippen MR) is 228 cm³/mol. The van der Waals surface area contributed by atoms with E-state index in [-0.39, 0.29) is 17.8 Å². The molecule has 0 aliphatic carbocycles. The highest BCUT2D eigenvalue weighted by molar-refractivity contribution is 8.00. The first-order valence-electron chi connectivity index (χ1n) is 17.6. The van der Waals surface area contributed by atoms with Gasteiger partial charge in [-0.3, -0.25) is 9.59 Å². The molecule has 3 heterocycles. The normalized spacial score (nSPS) is 12.8. The Labute approximate surface area is 343 Å². The Morgan fingerprint density at radius 1 is 0.571 bits per heavy atom. The minimum absolute atomic E-state index is 0.0181. The number of anilines is 6. The molecular weight excluding hydrogens is 782 g/mol. The molecule has 3 aliphatic rings. The summed E-state index contributed by atoms with van der Waals surface area (Å²) in [7, 11) is 4.12. The number of Topliss-reactive ketones (excluding diaryl/α,β-unsaturated/α-hetero) is 1. The van der Waals surface area contributed by atoms with Gasteiger partial charge in [-0.2, -0.15) is 0 Å². The molecule has 282 valence electrons. The van der Waals surface area contributed by atoms with Gasteiger partial charge in [-0.05, 0) is 85.8 Å². The van der Waals surface area contributed by atoms with E-state index in [1.807, 2.05) is 78.7 Å². The molecule has 0 saturated heterocycles. The molecule has 0 radical (unpaired) electrons. The van der Waals surface area contributed by atoms with Gasteiger partial charge in [-0.25, -0.2) is 4.79 Å². The van der Waals surface area contributed by atoms with E-state index in [1.54, 1.807) is 42.6 Å². The summed E-state index contributed by atoms with van der Waals surface area (Å²) in [4.78, 5) is 46.6. The quantitative estimate of drug-likeness (QED) is 0.163. The number of carbonyl (C=O) groups excluding carboxylic acids is 1. The number of halogens is 1. The SMILES string of the molecule is CC(=O)c1ccc2c(c1)N(C)c1ccccc1S2.CN1c2ccccc2Sc2ccc(Cl)cc21.O=C(O)CCN1c2ccccc2Sc2c(C(=O)O)cccc21. The molecule has 6 aromatic carbocycles. The average Bonchev–Trinajstić information content (AvgIpc) is 3.20. The van der Waals surface area contributed by atoms with Crippen LogP contribution in [0.4, 0.5) is 34.1 Å². The van der Waals surface area contributed by atoms with Crippen LogP contribution in [0.1, 0.15) is 34.1 Å². The molecule has 2 N–H and O–H groups in total. The van der Waals surface area contributed by atoms with Crippen molar-refractivity contribution in [3.8, 4) is 0 Å². The van der Waals surface area contributed by atoms with E-state index in [4.69, 9.17) is 16.7 Å². The van der Waals surface area contributed by atoms with Crippen molar-refractivity contribution in [3.05, 3.63) is 144 Å². The van der Waals surface area contributed by atoms with Crippen LogP contribution in [-0.4, -0.2) is 48.6 Å². The van der Waals surface area contributed by atoms with Gasteiger partial charge in [-0.15, -0.1) is 0 Å². The van der Waals surface area contributed by atoms with Crippen LogP contribution in [-0.2, 0) is 4.79 Å². The molecular formula is C44H36ClN3O5S3. The highest BCUT2D eigenvalue weighted by atomic mass is 35.5. The number of fused-ring (bicyclic) bond motifs is 6. The van der Waals surface area contributed by atoms with Crippen LogP contribution in [0.2, 0.25) is 5.02 Å². The fourth-order valence-corrected chi connectivity index (χ4v) is 10.2. The lowest BCUT2D eigenvalue weighted by molar-refractivity contribution is -0.136. The third-order valence-corrected chi connectivity index (χ3v) is 13.0. The first kappa shape index (κ1) is 38.9. The van der Waals surface area contributed by atoms with Crippen LogP contribution in [0.3, 0.4) is 0 Å². The largest absolute Gasteiger partial charge is 0.481 e. The fraction of sp³-hybridized carbons (Fsp3) is 0.114. The van der Waals surface area contributed by atoms with E-state index in [0.29, 0.717) is 11.4 Å². The number of hydrogen-bond donors (Lipinski definition) is 2. The summed E-state index contributed by atoms with van der Waals surface area (Å²) in [5, 5.41) is 19.1. The number of rotatable bonds is 5. The standard InChI is InChI=1S/C16H13NO4S.C15H13NOS.C13H10ClNS/c18-14(19)8-9-17-11-5-1-2-7-13(11)22-15-10(16(20)21)4-3-6-12(15)17;1-10(17)11-7-8-15-13(9-11)16(2)12-5-3-4-6-14(12)18-15;1-15-10-4-2-3-5-12(10)16-13-7-6-9(14)8-11(13)15/h1-7H,8-9H2,(H,18,19)(H,20,21);3-9H,1-2H3;2-8H,1H3. The monoisotopic (exact) mass is 817 g/mol. The molecule has 6 aromatic rings. The molecule has 0 atom stereocenters. The molecule has 0 amide bonds. The topological polar surface area (TPSA) is 101 Å². The van der Waals surface area contributed by atoms with Gasteiger partial charge in [0.25, 0.3) is 0 Å². The highest BCUT2D eigenvalue weighted by Crippen LogP contribution is 2.50. The Hall–Kier alpha value is -5.33. The molecule has 56 heavy (non-hydrogen) atoms. The number of benzene rings is 6. The van der Waals surface area contributed by atoms with Crippen molar-refractivity contribution < 1.29 is 24.6 Å². The smallest absolute Gasteiger partial charge is 0.336 e. The van der Waals surface area contributed by atoms with Gasteiger partial charge in [0.1, 0.15) is 0 Å². The molecule has 8 nitrogen and oxygen atoms in total. The summed E-state index contributed by atoms with van der Waals surface area (Å²) in [6.07, 6.45) is -0.0181. The van der Waals surface area contributed by atoms with Crippen LogP contribution in [0.15, 0.2) is 157 Å². The summed E-state index contributed by atoms with van der Waals surface area (Å²) in [6, 6.07) is 41.3. The maximum Gasteiger partial charge on any atom is 0.336 e. The Morgan fingerprint density at radius 3 is 1.64 bits per heavy atom. The Balaban J connectivity index is 0.000000130. The van der Waals surface area contributed by atoms with Crippen molar-refractivity contribution in [2.75, 3.05) is 35.3 Å². The van der Waals surface area contributed by atoms with Crippen molar-refractivity contribution >= 4 is 98.7 Å². The minimum atomic E-state index is -0.984. The number of ketones is 1. The Bertz CT molecular complexity index is 2500. The number of aliphatic carboxylic acids is 1. The third-order valence-electron chi connectivity index (χ3n) is 9.34. The number of carboxylic acid groups (broad SMARTS) is 2. The van der Waals surface area contributed by atoms with Crippen LogP contribution in [0.25, 0.3) is 0 Å². The number of para-hydroxylation sites is 3. The molecule has 0 saturated carbocycles. The summed E-state index contributed by atoms with van der Waals surface area (Å²) in [5.74, 6) is -1.76. The zero-order valence-corrected chi connectivity index (χ0v) is 33.8. The first-order valence-corrected chi connectivity index (χ1v) is 20.4. The van der Waals surface area contributed by atoms with E-state index in [2.05, 4.69) is 65.4 Å². The Morgan fingerprint density at radius 2 is 1.07 bits per heavy atom. The first-order chi connectivity index (χ1) is 27.0. The molecule has 0 fully saturated rings. The number of nitrogens with zero attached hydrogens (tertiary/aromatic N) is 3. The lowest BCUT2D eigenvalue weighted by atomic mass is 10.1. The second-order valence-electron chi connectivity index (χ2n) is 12.9. The summed E-state index contributed by atoms with van der Waals surface area (Å²) < 4.78 is 0. The maximum atomic E-state index is 11.5. The average molecular weight is 818 g/mol. The van der Waals surface area contributed by atoms with E-state index in [0.717, 1.165) is 32.5 Å². The number of carbonyl (C=O) groups is 3. The van der Waals surface area contributed by atoms with Crippen LogP contribution in [0.5, 0.6) is 0 Å². The summed E-state index contributed by atoms with van der Waals surface area (Å²) in [5.41, 5.74) is 7.35. The van der Waals surface area contributed by atoms with Crippen LogP contribution < -0.4 is 14.7 Å². The second-order valence-corrected chi connectivity index (χ2v) is 16.6. The van der Waals surface area contributed by atoms with E-state index in [9.17, 15) is 19.5 Å². The number of hydrogen-bond acceptors (Lipinski definition) is 9. The van der Waals surface area contributed by atoms with E-state index in [1.165, 1.54) is 48.4 Å². The van der Waals surface area contributed by atoms with Gasteiger partial charge < -0.3 is 24.9 Å². The van der Waals surface area contributed by atoms with E-state index >= 15 is 0 Å². The third kappa shape index (κ3) is 8.13. The highest BCUT2D eigenvalue weighted by Gasteiger charge is 2.27. The van der Waals surface area contributed by atoms with Gasteiger partial charge in [0, 0.05) is 55.7 Å². The van der Waals surface area contributed by atoms with Crippen molar-refractivity contribution in [1.29, 1.82) is 0 Å². The molecule has 3 aliphatic heterocycles. The minimum Gasteiger partial charge on any atom is -0.481 e. The van der Waals surface area contributed by atoms with Gasteiger partial charge >= 0.3 is 11.9 Å². The van der Waals surface area contributed by atoms with Crippen molar-refractivity contribution in [2.45, 2.75) is 42.7 Å². The second kappa shape index (κ2) is 16.8. The van der Waals surface area contributed by atoms with Crippen molar-refractivity contribution in [3.63, 3.8) is 0 Å². The molecule has 0 spiro atoms. The van der Waals surface area contributed by atoms with Gasteiger partial charge in [-0.1, -0.05) is 95.4 Å². The fourth-order valence-electron chi connectivity index (χ4n) is 6.53. The van der Waals surface area contributed by atoms with E-state index < -0.39 is 11.9 Å². The molecule has 0 unspecified atom stereocenters. The van der Waals surface area contributed by atoms with Crippen molar-refractivity contribution in [2.24, 2.45) is 0 Å². The molecule has 0 aromatic heterocycles. The Kier molecular flexibility index (Phi) is 11.7. The van der Waals surface area contributed by atoms with Crippen LogP contribution >= 0.6 is 46.9 Å². The number of aromatic carboxylic acids is 1. The van der Waals surface area contributed by atoms with Gasteiger partial charge in [0.15, 0.2) is 5.78 Å². The zero-order valence-electron chi connectivity index (χ0n) is 30.6. The molecule has 9 rings (SSSR count). The van der Waals surface area contributed by atoms with Crippen molar-refractivity contribution in [1.82, 2.24) is 0 Å².